The fourth-order valence-corrected chi connectivity index (χ4v) is 2.44. The molecule has 3 unspecified atom stereocenters. The Bertz CT molecular complexity index is 331. The van der Waals surface area contributed by atoms with Gasteiger partial charge in [-0.2, -0.15) is 0 Å². The van der Waals surface area contributed by atoms with Crippen molar-refractivity contribution in [3.05, 3.63) is 0 Å². The molecule has 19 heavy (non-hydrogen) atoms. The van der Waals surface area contributed by atoms with Crippen LogP contribution in [0.1, 0.15) is 34.1 Å². The highest BCUT2D eigenvalue weighted by Crippen LogP contribution is 2.24. The fourth-order valence-electron chi connectivity index (χ4n) is 2.44. The van der Waals surface area contributed by atoms with E-state index >= 15 is 0 Å². The van der Waals surface area contributed by atoms with Gasteiger partial charge in [0.25, 0.3) is 0 Å². The van der Waals surface area contributed by atoms with Crippen LogP contribution in [-0.4, -0.2) is 47.6 Å². The van der Waals surface area contributed by atoms with Gasteiger partial charge in [-0.15, -0.1) is 0 Å². The Kier molecular flexibility index (Phi) is 5.79. The number of likely N-dealkylation sites (tertiary alicyclic amines) is 1. The lowest BCUT2D eigenvalue weighted by molar-refractivity contribution is -0.142. The Labute approximate surface area is 115 Å². The molecule has 0 bridgehead atoms. The average Bonchev–Trinajstić information content (AvgIpc) is 2.69. The Morgan fingerprint density at radius 2 is 1.95 bits per heavy atom. The van der Waals surface area contributed by atoms with Crippen molar-refractivity contribution < 1.29 is 14.7 Å². The number of nitrogens with zero attached hydrogens (tertiary/aromatic N) is 1. The van der Waals surface area contributed by atoms with Gasteiger partial charge in [0.15, 0.2) is 0 Å². The summed E-state index contributed by atoms with van der Waals surface area (Å²) in [7, 11) is 0. The Morgan fingerprint density at radius 1 is 1.32 bits per heavy atom. The lowest BCUT2D eigenvalue weighted by Crippen LogP contribution is -2.44. The number of rotatable bonds is 6. The van der Waals surface area contributed by atoms with E-state index in [-0.39, 0.29) is 23.8 Å². The molecule has 0 spiro atoms. The summed E-state index contributed by atoms with van der Waals surface area (Å²) in [6, 6.07) is -0.251. The highest BCUT2D eigenvalue weighted by molar-refractivity contribution is 5.81. The van der Waals surface area contributed by atoms with Crippen LogP contribution in [0.4, 0.5) is 0 Å². The zero-order chi connectivity index (χ0) is 14.6. The molecule has 3 atom stereocenters. The highest BCUT2D eigenvalue weighted by atomic mass is 16.4. The first-order valence-electron chi connectivity index (χ1n) is 7.07. The van der Waals surface area contributed by atoms with Crippen molar-refractivity contribution in [1.29, 1.82) is 0 Å². The number of nitrogens with one attached hydrogen (secondary N) is 1. The third-order valence-electron chi connectivity index (χ3n) is 3.91. The van der Waals surface area contributed by atoms with Crippen LogP contribution in [0.5, 0.6) is 0 Å². The van der Waals surface area contributed by atoms with Crippen molar-refractivity contribution in [3.8, 4) is 0 Å². The second-order valence-electron chi connectivity index (χ2n) is 6.03. The molecule has 2 N–H and O–H groups in total. The van der Waals surface area contributed by atoms with Gasteiger partial charge >= 0.3 is 5.97 Å². The largest absolute Gasteiger partial charge is 0.481 e. The van der Waals surface area contributed by atoms with Crippen molar-refractivity contribution in [3.63, 3.8) is 0 Å². The second-order valence-corrected chi connectivity index (χ2v) is 6.03. The minimum atomic E-state index is -0.762. The van der Waals surface area contributed by atoms with Gasteiger partial charge < -0.3 is 10.4 Å². The third kappa shape index (κ3) is 4.49. The van der Waals surface area contributed by atoms with Crippen LogP contribution in [0, 0.1) is 17.8 Å². The molecule has 0 aromatic rings. The number of aliphatic carboxylic acids is 1. The molecule has 110 valence electrons. The molecule has 0 aliphatic carbocycles. The van der Waals surface area contributed by atoms with E-state index < -0.39 is 5.97 Å². The Morgan fingerprint density at radius 3 is 2.42 bits per heavy atom. The molecule has 1 amide bonds. The predicted molar refractivity (Wildman–Crippen MR) is 73.8 cm³/mol. The molecule has 1 rings (SSSR count). The lowest BCUT2D eigenvalue weighted by Gasteiger charge is -2.23. The van der Waals surface area contributed by atoms with E-state index in [9.17, 15) is 9.59 Å². The fraction of sp³-hybridized carbons (Fsp3) is 0.857. The van der Waals surface area contributed by atoms with Crippen molar-refractivity contribution in [2.75, 3.05) is 19.6 Å². The number of hydrogen-bond donors (Lipinski definition) is 2. The molecular formula is C14H26N2O3. The van der Waals surface area contributed by atoms with Crippen LogP contribution in [0.3, 0.4) is 0 Å². The molecule has 0 aromatic heterocycles. The monoisotopic (exact) mass is 270 g/mol. The van der Waals surface area contributed by atoms with Crippen molar-refractivity contribution in [1.82, 2.24) is 10.2 Å². The summed E-state index contributed by atoms with van der Waals surface area (Å²) in [6.45, 7) is 9.85. The number of hydrogen-bond acceptors (Lipinski definition) is 3. The molecule has 0 radical (unpaired) electrons. The number of carbonyl (C=O) groups excluding carboxylic acids is 1. The van der Waals surface area contributed by atoms with E-state index in [1.54, 1.807) is 0 Å². The Hall–Kier alpha value is -1.10. The number of amides is 1. The molecule has 1 heterocycles. The Balaban J connectivity index is 2.43. The molecule has 0 aromatic carbocycles. The third-order valence-corrected chi connectivity index (χ3v) is 3.91. The van der Waals surface area contributed by atoms with Crippen LogP contribution < -0.4 is 5.32 Å². The quantitative estimate of drug-likeness (QED) is 0.760. The first-order chi connectivity index (χ1) is 8.82. The van der Waals surface area contributed by atoms with E-state index in [2.05, 4.69) is 19.2 Å². The van der Waals surface area contributed by atoms with E-state index in [1.165, 1.54) is 0 Å². The average molecular weight is 270 g/mol. The van der Waals surface area contributed by atoms with E-state index in [4.69, 9.17) is 5.11 Å². The van der Waals surface area contributed by atoms with Gasteiger partial charge in [-0.05, 0) is 25.2 Å². The van der Waals surface area contributed by atoms with Crippen LogP contribution >= 0.6 is 0 Å². The zero-order valence-corrected chi connectivity index (χ0v) is 12.3. The SMILES string of the molecule is CC(C)CCNC(=O)C(C)N1CC(C)C(C(=O)O)C1. The number of carbonyl (C=O) groups is 2. The normalized spacial score (nSPS) is 25.5. The number of carboxylic acid groups (broad SMARTS) is 1. The second kappa shape index (κ2) is 6.89. The minimum Gasteiger partial charge on any atom is -0.481 e. The van der Waals surface area contributed by atoms with Gasteiger partial charge in [0, 0.05) is 19.6 Å². The van der Waals surface area contributed by atoms with E-state index in [1.807, 2.05) is 18.7 Å². The summed E-state index contributed by atoms with van der Waals surface area (Å²) in [5.41, 5.74) is 0. The number of carboxylic acids is 1. The minimum absolute atomic E-state index is 0.00103. The zero-order valence-electron chi connectivity index (χ0n) is 12.3. The van der Waals surface area contributed by atoms with Crippen molar-refractivity contribution in [2.24, 2.45) is 17.8 Å². The lowest BCUT2D eigenvalue weighted by atomic mass is 9.99. The molecule has 5 nitrogen and oxygen atoms in total. The molecular weight excluding hydrogens is 244 g/mol. The maximum Gasteiger partial charge on any atom is 0.308 e. The summed E-state index contributed by atoms with van der Waals surface area (Å²) in [5.74, 6) is -0.450. The van der Waals surface area contributed by atoms with Gasteiger partial charge in [0.05, 0.1) is 12.0 Å². The van der Waals surface area contributed by atoms with Gasteiger partial charge in [0.2, 0.25) is 5.91 Å². The van der Waals surface area contributed by atoms with Gasteiger partial charge in [-0.3, -0.25) is 14.5 Å². The van der Waals surface area contributed by atoms with Crippen LogP contribution in [0.2, 0.25) is 0 Å². The van der Waals surface area contributed by atoms with Gasteiger partial charge in [0.1, 0.15) is 0 Å². The highest BCUT2D eigenvalue weighted by Gasteiger charge is 2.38. The first kappa shape index (κ1) is 16.0. The van der Waals surface area contributed by atoms with Crippen molar-refractivity contribution in [2.45, 2.75) is 40.2 Å². The van der Waals surface area contributed by atoms with Gasteiger partial charge in [-0.25, -0.2) is 0 Å². The topological polar surface area (TPSA) is 69.6 Å². The van der Waals surface area contributed by atoms with E-state index in [0.717, 1.165) is 6.42 Å². The summed E-state index contributed by atoms with van der Waals surface area (Å²) in [4.78, 5) is 25.0. The maximum absolute atomic E-state index is 12.0. The molecule has 1 aliphatic heterocycles. The van der Waals surface area contributed by atoms with Crippen LogP contribution in [-0.2, 0) is 9.59 Å². The standard InChI is InChI=1S/C14H26N2O3/c1-9(2)5-6-15-13(17)11(4)16-7-10(3)12(8-16)14(18)19/h9-12H,5-8H2,1-4H3,(H,15,17)(H,18,19). The van der Waals surface area contributed by atoms with Crippen LogP contribution in [0.15, 0.2) is 0 Å². The van der Waals surface area contributed by atoms with E-state index in [0.29, 0.717) is 25.6 Å². The summed E-state index contributed by atoms with van der Waals surface area (Å²) in [5, 5.41) is 12.0. The smallest absolute Gasteiger partial charge is 0.308 e. The molecule has 1 fully saturated rings. The summed E-state index contributed by atoms with van der Waals surface area (Å²) < 4.78 is 0. The van der Waals surface area contributed by atoms with Gasteiger partial charge in [-0.1, -0.05) is 20.8 Å². The first-order valence-corrected chi connectivity index (χ1v) is 7.07. The summed E-state index contributed by atoms with van der Waals surface area (Å²) in [6.07, 6.45) is 0.965. The molecule has 1 saturated heterocycles. The molecule has 0 saturated carbocycles. The maximum atomic E-state index is 12.0. The molecule has 1 aliphatic rings. The molecule has 5 heteroatoms. The van der Waals surface area contributed by atoms with Crippen molar-refractivity contribution >= 4 is 11.9 Å². The van der Waals surface area contributed by atoms with Crippen LogP contribution in [0.25, 0.3) is 0 Å². The summed E-state index contributed by atoms with van der Waals surface area (Å²) >= 11 is 0. The predicted octanol–water partition coefficient (Wildman–Crippen LogP) is 1.19.